The molecule has 1 heterocycles. The average Bonchev–Trinajstić information content (AvgIpc) is 2.74. The molecule has 3 aromatic rings. The molecule has 1 aromatic heterocycles. The molecule has 160 valence electrons. The summed E-state index contributed by atoms with van der Waals surface area (Å²) in [5.41, 5.74) is 1.99. The second-order valence-electron chi connectivity index (χ2n) is 7.59. The third-order valence-corrected chi connectivity index (χ3v) is 6.10. The minimum absolute atomic E-state index is 0.0125. The molecule has 0 unspecified atom stereocenters. The zero-order chi connectivity index (χ0) is 22.0. The number of rotatable bonds is 6. The van der Waals surface area contributed by atoms with Crippen LogP contribution in [0, 0.1) is 5.82 Å². The van der Waals surface area contributed by atoms with E-state index in [4.69, 9.17) is 32.7 Å². The first kappa shape index (κ1) is 21.8. The van der Waals surface area contributed by atoms with Crippen LogP contribution in [0.2, 0.25) is 10.2 Å². The maximum absolute atomic E-state index is 13.6. The molecule has 1 aliphatic rings. The first-order valence-corrected chi connectivity index (χ1v) is 10.5. The standard InChI is InChI=1S/C24H20Cl2FNO3/c1-30-23(29)24(12-18(13-24)31-14-15-5-3-2-4-6-15)17-10-21(28-22(26)11-17)16-7-8-20(27)19(25)9-16/h2-11,18H,12-14H2,1H3. The summed E-state index contributed by atoms with van der Waals surface area (Å²) in [6.45, 7) is 0.471. The maximum Gasteiger partial charge on any atom is 0.316 e. The number of hydrogen-bond acceptors (Lipinski definition) is 4. The van der Waals surface area contributed by atoms with Crippen LogP contribution in [0.1, 0.15) is 24.0 Å². The molecule has 1 saturated carbocycles. The number of aromatic nitrogens is 1. The van der Waals surface area contributed by atoms with Crippen LogP contribution in [-0.2, 0) is 26.3 Å². The molecule has 2 aromatic carbocycles. The highest BCUT2D eigenvalue weighted by Crippen LogP contribution is 2.47. The van der Waals surface area contributed by atoms with Crippen molar-refractivity contribution in [1.82, 2.24) is 4.98 Å². The van der Waals surface area contributed by atoms with Crippen LogP contribution in [0.3, 0.4) is 0 Å². The molecule has 0 N–H and O–H groups in total. The van der Waals surface area contributed by atoms with E-state index < -0.39 is 11.2 Å². The van der Waals surface area contributed by atoms with Crippen LogP contribution in [0.15, 0.2) is 60.7 Å². The van der Waals surface area contributed by atoms with Gasteiger partial charge in [-0.25, -0.2) is 9.37 Å². The van der Waals surface area contributed by atoms with Gasteiger partial charge in [-0.05, 0) is 54.3 Å². The Bertz CT molecular complexity index is 1100. The summed E-state index contributed by atoms with van der Waals surface area (Å²) >= 11 is 12.2. The number of carbonyl (C=O) groups is 1. The molecule has 0 amide bonds. The van der Waals surface area contributed by atoms with Gasteiger partial charge in [0.05, 0.1) is 36.0 Å². The first-order valence-electron chi connectivity index (χ1n) is 9.79. The van der Waals surface area contributed by atoms with Crippen LogP contribution in [0.5, 0.6) is 0 Å². The molecule has 0 radical (unpaired) electrons. The van der Waals surface area contributed by atoms with E-state index in [1.165, 1.54) is 19.2 Å². The first-order chi connectivity index (χ1) is 14.9. The average molecular weight is 460 g/mol. The lowest BCUT2D eigenvalue weighted by Gasteiger charge is -2.45. The number of carbonyl (C=O) groups excluding carboxylic acids is 1. The lowest BCUT2D eigenvalue weighted by molar-refractivity contribution is -0.160. The highest BCUT2D eigenvalue weighted by molar-refractivity contribution is 6.31. The largest absolute Gasteiger partial charge is 0.468 e. The maximum atomic E-state index is 13.6. The van der Waals surface area contributed by atoms with E-state index in [1.807, 2.05) is 30.3 Å². The predicted octanol–water partition coefficient (Wildman–Crippen LogP) is 5.98. The minimum atomic E-state index is -0.874. The van der Waals surface area contributed by atoms with Crippen molar-refractivity contribution in [1.29, 1.82) is 0 Å². The molecule has 1 fully saturated rings. The van der Waals surface area contributed by atoms with E-state index in [-0.39, 0.29) is 22.2 Å². The molecular weight excluding hydrogens is 440 g/mol. The van der Waals surface area contributed by atoms with Crippen molar-refractivity contribution < 1.29 is 18.7 Å². The normalized spacial score (nSPS) is 20.2. The summed E-state index contributed by atoms with van der Waals surface area (Å²) in [6.07, 6.45) is 0.849. The van der Waals surface area contributed by atoms with Gasteiger partial charge >= 0.3 is 5.97 Å². The van der Waals surface area contributed by atoms with Crippen molar-refractivity contribution in [3.8, 4) is 11.3 Å². The van der Waals surface area contributed by atoms with E-state index in [9.17, 15) is 9.18 Å². The summed E-state index contributed by atoms with van der Waals surface area (Å²) in [5, 5.41) is 0.214. The Morgan fingerprint density at radius 1 is 1.13 bits per heavy atom. The van der Waals surface area contributed by atoms with E-state index in [0.717, 1.165) is 5.56 Å². The number of halogens is 3. The fourth-order valence-electron chi connectivity index (χ4n) is 3.92. The smallest absolute Gasteiger partial charge is 0.316 e. The van der Waals surface area contributed by atoms with Gasteiger partial charge in [-0.1, -0.05) is 53.5 Å². The summed E-state index contributed by atoms with van der Waals surface area (Å²) in [6, 6.07) is 17.6. The number of methoxy groups -OCH3 is 1. The summed E-state index contributed by atoms with van der Waals surface area (Å²) < 4.78 is 24.7. The lowest BCUT2D eigenvalue weighted by atomic mass is 9.62. The monoisotopic (exact) mass is 459 g/mol. The van der Waals surface area contributed by atoms with Gasteiger partial charge in [-0.2, -0.15) is 0 Å². The van der Waals surface area contributed by atoms with Crippen LogP contribution in [0.4, 0.5) is 4.39 Å². The van der Waals surface area contributed by atoms with E-state index in [0.29, 0.717) is 36.3 Å². The third-order valence-electron chi connectivity index (χ3n) is 5.62. The van der Waals surface area contributed by atoms with Crippen molar-refractivity contribution in [3.05, 3.63) is 87.8 Å². The second kappa shape index (κ2) is 8.95. The van der Waals surface area contributed by atoms with Crippen molar-refractivity contribution in [3.63, 3.8) is 0 Å². The number of nitrogens with zero attached hydrogens (tertiary/aromatic N) is 1. The Morgan fingerprint density at radius 2 is 1.87 bits per heavy atom. The van der Waals surface area contributed by atoms with Gasteiger partial charge in [0.2, 0.25) is 0 Å². The molecule has 1 aliphatic carbocycles. The summed E-state index contributed by atoms with van der Waals surface area (Å²) in [5.74, 6) is -0.867. The van der Waals surface area contributed by atoms with Gasteiger partial charge in [0.25, 0.3) is 0 Å². The molecule has 0 atom stereocenters. The molecule has 0 bridgehead atoms. The summed E-state index contributed by atoms with van der Waals surface area (Å²) in [7, 11) is 1.37. The fourth-order valence-corrected chi connectivity index (χ4v) is 4.30. The third kappa shape index (κ3) is 4.45. The van der Waals surface area contributed by atoms with Crippen molar-refractivity contribution in [2.24, 2.45) is 0 Å². The van der Waals surface area contributed by atoms with Gasteiger partial charge in [-0.3, -0.25) is 4.79 Å². The Balaban J connectivity index is 1.59. The topological polar surface area (TPSA) is 48.4 Å². The van der Waals surface area contributed by atoms with Gasteiger partial charge < -0.3 is 9.47 Å². The minimum Gasteiger partial charge on any atom is -0.468 e. The number of ether oxygens (including phenoxy) is 2. The van der Waals surface area contributed by atoms with E-state index >= 15 is 0 Å². The molecule has 31 heavy (non-hydrogen) atoms. The van der Waals surface area contributed by atoms with Crippen LogP contribution in [-0.4, -0.2) is 24.2 Å². The summed E-state index contributed by atoms with van der Waals surface area (Å²) in [4.78, 5) is 17.1. The van der Waals surface area contributed by atoms with Crippen LogP contribution < -0.4 is 0 Å². The van der Waals surface area contributed by atoms with E-state index in [2.05, 4.69) is 4.98 Å². The number of esters is 1. The van der Waals surface area contributed by atoms with Crippen LogP contribution >= 0.6 is 23.2 Å². The highest BCUT2D eigenvalue weighted by atomic mass is 35.5. The van der Waals surface area contributed by atoms with Crippen molar-refractivity contribution >= 4 is 29.2 Å². The van der Waals surface area contributed by atoms with Gasteiger partial charge in [0.1, 0.15) is 11.0 Å². The highest BCUT2D eigenvalue weighted by Gasteiger charge is 2.53. The molecule has 0 aliphatic heterocycles. The van der Waals surface area contributed by atoms with Gasteiger partial charge in [0.15, 0.2) is 0 Å². The second-order valence-corrected chi connectivity index (χ2v) is 8.39. The fraction of sp³-hybridized carbons (Fsp3) is 0.250. The SMILES string of the molecule is COC(=O)C1(c2cc(Cl)nc(-c3ccc(F)c(Cl)c3)c2)CC(OCc2ccccc2)C1. The Kier molecular flexibility index (Phi) is 6.28. The van der Waals surface area contributed by atoms with Gasteiger partial charge in [-0.15, -0.1) is 0 Å². The van der Waals surface area contributed by atoms with Crippen LogP contribution in [0.25, 0.3) is 11.3 Å². The van der Waals surface area contributed by atoms with Gasteiger partial charge in [0, 0.05) is 5.56 Å². The van der Waals surface area contributed by atoms with E-state index in [1.54, 1.807) is 18.2 Å². The molecule has 4 nitrogen and oxygen atoms in total. The Hall–Kier alpha value is -2.47. The van der Waals surface area contributed by atoms with Crippen molar-refractivity contribution in [2.75, 3.05) is 7.11 Å². The molecule has 7 heteroatoms. The molecule has 4 rings (SSSR count). The predicted molar refractivity (Wildman–Crippen MR) is 118 cm³/mol. The number of pyridine rings is 1. The number of benzene rings is 2. The number of hydrogen-bond donors (Lipinski definition) is 0. The zero-order valence-electron chi connectivity index (χ0n) is 16.8. The molecule has 0 spiro atoms. The zero-order valence-corrected chi connectivity index (χ0v) is 18.3. The van der Waals surface area contributed by atoms with Crippen molar-refractivity contribution in [2.45, 2.75) is 31.0 Å². The Morgan fingerprint density at radius 3 is 2.55 bits per heavy atom. The quantitative estimate of drug-likeness (QED) is 0.335. The molecular formula is C24H20Cl2FNO3. The lowest BCUT2D eigenvalue weighted by Crippen LogP contribution is -2.52. The molecule has 0 saturated heterocycles. The Labute approximate surface area is 189 Å².